The van der Waals surface area contributed by atoms with Gasteiger partial charge in [0.2, 0.25) is 0 Å². The van der Waals surface area contributed by atoms with Crippen molar-refractivity contribution in [3.8, 4) is 5.75 Å². The number of hydrogen-bond acceptors (Lipinski definition) is 2. The third-order valence-corrected chi connectivity index (χ3v) is 5.63. The molecule has 0 radical (unpaired) electrons. The van der Waals surface area contributed by atoms with E-state index < -0.39 is 0 Å². The van der Waals surface area contributed by atoms with E-state index in [9.17, 15) is 0 Å². The van der Waals surface area contributed by atoms with Crippen LogP contribution in [0, 0.1) is 13.8 Å². The largest absolute Gasteiger partial charge is 0.495 e. The van der Waals surface area contributed by atoms with Crippen molar-refractivity contribution >= 4 is 34.9 Å². The summed E-state index contributed by atoms with van der Waals surface area (Å²) in [5, 5.41) is 5.73. The molecule has 2 N–H and O–H groups in total. The van der Waals surface area contributed by atoms with Crippen LogP contribution in [0.2, 0.25) is 5.02 Å². The van der Waals surface area contributed by atoms with E-state index in [2.05, 4.69) is 47.6 Å². The Balaban J connectivity index is 0.00000196. The molecule has 2 heterocycles. The minimum atomic E-state index is 0. The fourth-order valence-corrected chi connectivity index (χ4v) is 4.28. The van der Waals surface area contributed by atoms with Crippen molar-refractivity contribution < 1.29 is 4.74 Å². The summed E-state index contributed by atoms with van der Waals surface area (Å²) in [6, 6.07) is 11.1. The number of halogens is 2. The molecule has 3 aromatic rings. The number of ether oxygens (including phenoxy) is 1. The number of hydrogen-bond donors (Lipinski definition) is 2. The first-order valence-electron chi connectivity index (χ1n) is 8.75. The van der Waals surface area contributed by atoms with E-state index in [0.717, 1.165) is 41.3 Å². The zero-order valence-corrected chi connectivity index (χ0v) is 16.9. The van der Waals surface area contributed by atoms with Gasteiger partial charge in [0.05, 0.1) is 18.2 Å². The number of fused-ring (bicyclic) bond motifs is 3. The van der Waals surface area contributed by atoms with E-state index in [1.165, 1.54) is 27.7 Å². The van der Waals surface area contributed by atoms with Crippen LogP contribution in [0.25, 0.3) is 10.9 Å². The van der Waals surface area contributed by atoms with E-state index in [1.807, 2.05) is 6.92 Å². The van der Waals surface area contributed by atoms with Crippen LogP contribution >= 0.6 is 24.0 Å². The molecule has 1 aliphatic rings. The predicted octanol–water partition coefficient (Wildman–Crippen LogP) is 5.30. The van der Waals surface area contributed by atoms with Crippen molar-refractivity contribution in [2.45, 2.75) is 32.7 Å². The second-order valence-corrected chi connectivity index (χ2v) is 7.29. The van der Waals surface area contributed by atoms with Crippen LogP contribution in [0.4, 0.5) is 0 Å². The number of methoxy groups -OCH3 is 1. The molecule has 2 aromatic carbocycles. The van der Waals surface area contributed by atoms with Gasteiger partial charge >= 0.3 is 0 Å². The number of nitrogens with one attached hydrogen (secondary N) is 2. The topological polar surface area (TPSA) is 37.0 Å². The molecule has 1 atom stereocenters. The van der Waals surface area contributed by atoms with Crippen molar-refractivity contribution in [3.05, 3.63) is 63.3 Å². The quantitative estimate of drug-likeness (QED) is 0.636. The van der Waals surface area contributed by atoms with Gasteiger partial charge in [-0.3, -0.25) is 0 Å². The predicted molar refractivity (Wildman–Crippen MR) is 111 cm³/mol. The summed E-state index contributed by atoms with van der Waals surface area (Å²) in [4.78, 5) is 3.64. The Labute approximate surface area is 165 Å². The summed E-state index contributed by atoms with van der Waals surface area (Å²) >= 11 is 6.60. The standard InChI is InChI=1S/C21H23ClN2O.ClH/c1-12-4-7-17-16(10-12)15-8-9-23-18(20(15)24-17)11-14-6-5-13(2)21(25-3)19(14)22;/h4-7,10,18,23-24H,8-9,11H2,1-3H3;1H. The number of aryl methyl sites for hydroxylation is 2. The molecule has 26 heavy (non-hydrogen) atoms. The zero-order chi connectivity index (χ0) is 17.6. The highest BCUT2D eigenvalue weighted by molar-refractivity contribution is 6.33. The Morgan fingerprint density at radius 3 is 2.77 bits per heavy atom. The van der Waals surface area contributed by atoms with Crippen LogP contribution in [0.3, 0.4) is 0 Å². The van der Waals surface area contributed by atoms with Crippen LogP contribution in [0.15, 0.2) is 30.3 Å². The highest BCUT2D eigenvalue weighted by Gasteiger charge is 2.25. The maximum absolute atomic E-state index is 6.60. The fourth-order valence-electron chi connectivity index (χ4n) is 3.92. The SMILES string of the molecule is COc1c(C)ccc(CC2NCCc3c2[nH]c2ccc(C)cc32)c1Cl.Cl. The molecule has 3 nitrogen and oxygen atoms in total. The first kappa shape index (κ1) is 19.1. The number of H-pyrrole nitrogens is 1. The lowest BCUT2D eigenvalue weighted by Crippen LogP contribution is -2.31. The van der Waals surface area contributed by atoms with Gasteiger partial charge in [-0.2, -0.15) is 0 Å². The van der Waals surface area contributed by atoms with Crippen molar-refractivity contribution in [3.63, 3.8) is 0 Å². The summed E-state index contributed by atoms with van der Waals surface area (Å²) in [5.74, 6) is 0.780. The molecule has 0 aliphatic carbocycles. The maximum atomic E-state index is 6.60. The Morgan fingerprint density at radius 2 is 2.00 bits per heavy atom. The smallest absolute Gasteiger partial charge is 0.140 e. The van der Waals surface area contributed by atoms with Crippen LogP contribution < -0.4 is 10.1 Å². The minimum Gasteiger partial charge on any atom is -0.495 e. The normalized spacial score (nSPS) is 16.2. The second-order valence-electron chi connectivity index (χ2n) is 6.92. The van der Waals surface area contributed by atoms with Crippen LogP contribution in [0.5, 0.6) is 5.75 Å². The van der Waals surface area contributed by atoms with Gasteiger partial charge in [0.15, 0.2) is 0 Å². The monoisotopic (exact) mass is 390 g/mol. The third kappa shape index (κ3) is 3.20. The van der Waals surface area contributed by atoms with E-state index in [4.69, 9.17) is 16.3 Å². The lowest BCUT2D eigenvalue weighted by atomic mass is 9.94. The first-order chi connectivity index (χ1) is 12.1. The highest BCUT2D eigenvalue weighted by atomic mass is 35.5. The van der Waals surface area contributed by atoms with Gasteiger partial charge in [-0.05, 0) is 62.1 Å². The molecule has 5 heteroatoms. The fraction of sp³-hybridized carbons (Fsp3) is 0.333. The minimum absolute atomic E-state index is 0. The van der Waals surface area contributed by atoms with Gasteiger partial charge in [0.25, 0.3) is 0 Å². The number of benzene rings is 2. The molecule has 0 saturated carbocycles. The Kier molecular flexibility index (Phi) is 5.52. The van der Waals surface area contributed by atoms with E-state index in [0.29, 0.717) is 0 Å². The molecular weight excluding hydrogens is 367 g/mol. The van der Waals surface area contributed by atoms with Gasteiger partial charge in [0, 0.05) is 16.6 Å². The molecule has 0 saturated heterocycles. The molecule has 0 amide bonds. The Hall–Kier alpha value is -1.68. The lowest BCUT2D eigenvalue weighted by molar-refractivity contribution is 0.410. The van der Waals surface area contributed by atoms with Gasteiger partial charge in [-0.15, -0.1) is 12.4 Å². The Morgan fingerprint density at radius 1 is 1.19 bits per heavy atom. The number of aromatic amines is 1. The molecule has 4 rings (SSSR count). The zero-order valence-electron chi connectivity index (χ0n) is 15.3. The first-order valence-corrected chi connectivity index (χ1v) is 9.12. The molecule has 0 fully saturated rings. The molecule has 1 aliphatic heterocycles. The van der Waals surface area contributed by atoms with E-state index in [1.54, 1.807) is 7.11 Å². The second kappa shape index (κ2) is 7.51. The molecule has 0 bridgehead atoms. The maximum Gasteiger partial charge on any atom is 0.140 e. The van der Waals surface area contributed by atoms with Crippen molar-refractivity contribution in [2.24, 2.45) is 0 Å². The average Bonchev–Trinajstić information content (AvgIpc) is 2.97. The van der Waals surface area contributed by atoms with Crippen LogP contribution in [-0.2, 0) is 12.8 Å². The summed E-state index contributed by atoms with van der Waals surface area (Å²) in [6.45, 7) is 5.15. The van der Waals surface area contributed by atoms with Crippen molar-refractivity contribution in [1.29, 1.82) is 0 Å². The molecule has 1 unspecified atom stereocenters. The molecule has 0 spiro atoms. The summed E-state index contributed by atoms with van der Waals surface area (Å²) in [5.41, 5.74) is 7.44. The summed E-state index contributed by atoms with van der Waals surface area (Å²) in [6.07, 6.45) is 1.90. The van der Waals surface area contributed by atoms with Gasteiger partial charge in [-0.25, -0.2) is 0 Å². The van der Waals surface area contributed by atoms with Gasteiger partial charge in [-0.1, -0.05) is 35.4 Å². The number of aromatic nitrogens is 1. The average molecular weight is 391 g/mol. The van der Waals surface area contributed by atoms with Crippen LogP contribution in [0.1, 0.15) is 34.0 Å². The summed E-state index contributed by atoms with van der Waals surface area (Å²) in [7, 11) is 1.68. The van der Waals surface area contributed by atoms with Gasteiger partial charge in [0.1, 0.15) is 5.75 Å². The van der Waals surface area contributed by atoms with Gasteiger partial charge < -0.3 is 15.0 Å². The lowest BCUT2D eigenvalue weighted by Gasteiger charge is -2.25. The molecule has 138 valence electrons. The van der Waals surface area contributed by atoms with Crippen LogP contribution in [-0.4, -0.2) is 18.6 Å². The molecular formula is C21H24Cl2N2O. The summed E-state index contributed by atoms with van der Waals surface area (Å²) < 4.78 is 5.48. The molecule has 1 aromatic heterocycles. The third-order valence-electron chi connectivity index (χ3n) is 5.21. The highest BCUT2D eigenvalue weighted by Crippen LogP contribution is 2.36. The number of rotatable bonds is 3. The van der Waals surface area contributed by atoms with Crippen molar-refractivity contribution in [1.82, 2.24) is 10.3 Å². The van der Waals surface area contributed by atoms with E-state index in [-0.39, 0.29) is 18.4 Å². The van der Waals surface area contributed by atoms with Crippen molar-refractivity contribution in [2.75, 3.05) is 13.7 Å². The Bertz CT molecular complexity index is 949. The van der Waals surface area contributed by atoms with E-state index >= 15 is 0 Å².